The van der Waals surface area contributed by atoms with Crippen molar-refractivity contribution in [1.82, 2.24) is 0 Å². The molecule has 0 N–H and O–H groups in total. The lowest BCUT2D eigenvalue weighted by Crippen LogP contribution is -2.25. The second-order valence-electron chi connectivity index (χ2n) is 4.50. The highest BCUT2D eigenvalue weighted by Gasteiger charge is 2.44. The number of carbonyl (C=O) groups is 2. The third-order valence-electron chi connectivity index (χ3n) is 2.93. The first kappa shape index (κ1) is 12.4. The van der Waals surface area contributed by atoms with Crippen molar-refractivity contribution in [2.75, 3.05) is 0 Å². The highest BCUT2D eigenvalue weighted by Crippen LogP contribution is 2.36. The van der Waals surface area contributed by atoms with Gasteiger partial charge >= 0.3 is 0 Å². The largest absolute Gasteiger partial charge is 0.289 e. The van der Waals surface area contributed by atoms with Crippen LogP contribution in [0.1, 0.15) is 34.6 Å². The summed E-state index contributed by atoms with van der Waals surface area (Å²) in [6.07, 6.45) is 1.90. The molecule has 0 saturated carbocycles. The van der Waals surface area contributed by atoms with Gasteiger partial charge in [-0.3, -0.25) is 9.59 Å². The lowest BCUT2D eigenvalue weighted by atomic mass is 9.84. The molecule has 0 radical (unpaired) electrons. The minimum absolute atomic E-state index is 0.354. The first-order valence-electron chi connectivity index (χ1n) is 5.27. The lowest BCUT2D eigenvalue weighted by Gasteiger charge is -2.15. The van der Waals surface area contributed by atoms with E-state index in [0.717, 1.165) is 5.57 Å². The van der Waals surface area contributed by atoms with Crippen molar-refractivity contribution >= 4 is 11.6 Å². The average molecular weight is 216 g/mol. The molecule has 84 valence electrons. The van der Waals surface area contributed by atoms with E-state index in [1.54, 1.807) is 20.8 Å². The molecule has 0 aliphatic heterocycles. The lowest BCUT2D eigenvalue weighted by molar-refractivity contribution is -0.136. The Labute approximate surface area is 96.4 Å². The Hall–Kier alpha value is -1.62. The van der Waals surface area contributed by atoms with Crippen molar-refractivity contribution in [3.8, 4) is 11.8 Å². The Bertz CT molecular complexity index is 477. The van der Waals surface area contributed by atoms with Crippen LogP contribution in [0.4, 0.5) is 0 Å². The van der Waals surface area contributed by atoms with E-state index in [1.807, 2.05) is 19.9 Å². The van der Waals surface area contributed by atoms with Gasteiger partial charge in [0.25, 0.3) is 0 Å². The van der Waals surface area contributed by atoms with Crippen LogP contribution in [0.5, 0.6) is 0 Å². The van der Waals surface area contributed by atoms with E-state index in [0.29, 0.717) is 11.1 Å². The molecule has 0 saturated heterocycles. The van der Waals surface area contributed by atoms with Gasteiger partial charge in [-0.15, -0.1) is 0 Å². The number of hydrogen-bond acceptors (Lipinski definition) is 2. The van der Waals surface area contributed by atoms with Gasteiger partial charge in [-0.25, -0.2) is 0 Å². The Balaban J connectivity index is 3.26. The Kier molecular flexibility index (Phi) is 3.19. The molecule has 0 aromatic carbocycles. The minimum atomic E-state index is -0.762. The molecule has 1 rings (SSSR count). The number of carbonyl (C=O) groups excluding carboxylic acids is 2. The zero-order valence-corrected chi connectivity index (χ0v) is 10.4. The third-order valence-corrected chi connectivity index (χ3v) is 2.93. The van der Waals surface area contributed by atoms with Crippen LogP contribution >= 0.6 is 0 Å². The van der Waals surface area contributed by atoms with Crippen LogP contribution in [-0.2, 0) is 9.59 Å². The van der Waals surface area contributed by atoms with Gasteiger partial charge in [-0.2, -0.15) is 0 Å². The molecule has 2 heteroatoms. The van der Waals surface area contributed by atoms with Crippen LogP contribution in [0.2, 0.25) is 0 Å². The quantitative estimate of drug-likeness (QED) is 0.460. The van der Waals surface area contributed by atoms with E-state index < -0.39 is 11.2 Å². The van der Waals surface area contributed by atoms with E-state index >= 15 is 0 Å². The third kappa shape index (κ3) is 1.86. The Morgan fingerprint density at radius 3 is 2.25 bits per heavy atom. The predicted octanol–water partition coefficient (Wildman–Crippen LogP) is 2.45. The van der Waals surface area contributed by atoms with Gasteiger partial charge < -0.3 is 0 Å². The highest BCUT2D eigenvalue weighted by atomic mass is 16.2. The smallest absolute Gasteiger partial charge is 0.226 e. The summed E-state index contributed by atoms with van der Waals surface area (Å²) < 4.78 is 0. The summed E-state index contributed by atoms with van der Waals surface area (Å²) in [6, 6.07) is 0. The standard InChI is InChI=1S/C14H16O2/c1-6-9(2)7-8-11-10(3)12(15)13(16)14(11,4)5/h6H,1-5H3/b9-6+. The van der Waals surface area contributed by atoms with E-state index in [1.165, 1.54) is 0 Å². The van der Waals surface area contributed by atoms with Gasteiger partial charge in [-0.05, 0) is 40.2 Å². The second-order valence-corrected chi connectivity index (χ2v) is 4.50. The van der Waals surface area contributed by atoms with Crippen LogP contribution in [0, 0.1) is 17.3 Å². The summed E-state index contributed by atoms with van der Waals surface area (Å²) in [4.78, 5) is 23.2. The fourth-order valence-electron chi connectivity index (χ4n) is 1.63. The molecule has 0 heterocycles. The monoisotopic (exact) mass is 216 g/mol. The maximum atomic E-state index is 11.7. The summed E-state index contributed by atoms with van der Waals surface area (Å²) in [5.41, 5.74) is 1.32. The van der Waals surface area contributed by atoms with Crippen molar-refractivity contribution in [3.05, 3.63) is 22.8 Å². The van der Waals surface area contributed by atoms with Crippen molar-refractivity contribution < 1.29 is 9.59 Å². The second kappa shape index (κ2) is 4.09. The van der Waals surface area contributed by atoms with E-state index in [-0.39, 0.29) is 5.78 Å². The molecule has 2 nitrogen and oxygen atoms in total. The Morgan fingerprint density at radius 2 is 1.88 bits per heavy atom. The maximum Gasteiger partial charge on any atom is 0.226 e. The summed E-state index contributed by atoms with van der Waals surface area (Å²) in [5.74, 6) is 5.15. The van der Waals surface area contributed by atoms with E-state index in [4.69, 9.17) is 0 Å². The van der Waals surface area contributed by atoms with Crippen LogP contribution < -0.4 is 0 Å². The average Bonchev–Trinajstić information content (AvgIpc) is 2.38. The van der Waals surface area contributed by atoms with Crippen molar-refractivity contribution in [3.63, 3.8) is 0 Å². The highest BCUT2D eigenvalue weighted by molar-refractivity contribution is 6.48. The molecule has 1 aliphatic rings. The molecule has 0 amide bonds. The van der Waals surface area contributed by atoms with Crippen LogP contribution in [0.15, 0.2) is 22.8 Å². The summed E-state index contributed by atoms with van der Waals surface area (Å²) in [5, 5.41) is 0. The van der Waals surface area contributed by atoms with Crippen molar-refractivity contribution in [2.45, 2.75) is 34.6 Å². The summed E-state index contributed by atoms with van der Waals surface area (Å²) >= 11 is 0. The van der Waals surface area contributed by atoms with Gasteiger partial charge in [-0.1, -0.05) is 17.9 Å². The van der Waals surface area contributed by atoms with Gasteiger partial charge in [0.2, 0.25) is 11.6 Å². The molecule has 0 bridgehead atoms. The van der Waals surface area contributed by atoms with Gasteiger partial charge in [0.15, 0.2) is 0 Å². The molecule has 0 fully saturated rings. The molecule has 0 atom stereocenters. The van der Waals surface area contributed by atoms with E-state index in [2.05, 4.69) is 11.8 Å². The number of allylic oxidation sites excluding steroid dienone is 4. The fraction of sp³-hybridized carbons (Fsp3) is 0.429. The van der Waals surface area contributed by atoms with Crippen LogP contribution in [0.3, 0.4) is 0 Å². The molecule has 1 aliphatic carbocycles. The predicted molar refractivity (Wildman–Crippen MR) is 63.7 cm³/mol. The molecular weight excluding hydrogens is 200 g/mol. The fourth-order valence-corrected chi connectivity index (χ4v) is 1.63. The molecule has 0 spiro atoms. The van der Waals surface area contributed by atoms with Gasteiger partial charge in [0, 0.05) is 11.1 Å². The molecule has 16 heavy (non-hydrogen) atoms. The van der Waals surface area contributed by atoms with Gasteiger partial charge in [0.05, 0.1) is 5.41 Å². The first-order valence-corrected chi connectivity index (χ1v) is 5.27. The number of rotatable bonds is 0. The Morgan fingerprint density at radius 1 is 1.31 bits per heavy atom. The molecule has 0 unspecified atom stereocenters. The van der Waals surface area contributed by atoms with Crippen molar-refractivity contribution in [1.29, 1.82) is 0 Å². The number of Topliss-reactive ketones (excluding diaryl/α,β-unsaturated/α-hetero) is 2. The SMILES string of the molecule is C/C=C(\C)C#CC1=C(C)C(=O)C(=O)C1(C)C. The molecular formula is C14H16O2. The van der Waals surface area contributed by atoms with Gasteiger partial charge in [0.1, 0.15) is 0 Å². The summed E-state index contributed by atoms with van der Waals surface area (Å²) in [7, 11) is 0. The number of hydrogen-bond donors (Lipinski definition) is 0. The zero-order chi connectivity index (χ0) is 12.5. The van der Waals surface area contributed by atoms with Crippen LogP contribution in [-0.4, -0.2) is 11.6 Å². The maximum absolute atomic E-state index is 11.7. The molecule has 0 aromatic rings. The normalized spacial score (nSPS) is 19.9. The van der Waals surface area contributed by atoms with E-state index in [9.17, 15) is 9.59 Å². The number of ketones is 2. The minimum Gasteiger partial charge on any atom is -0.289 e. The van der Waals surface area contributed by atoms with Crippen molar-refractivity contribution in [2.24, 2.45) is 5.41 Å². The first-order chi connectivity index (χ1) is 7.32. The molecule has 0 aromatic heterocycles. The summed E-state index contributed by atoms with van der Waals surface area (Å²) in [6.45, 7) is 8.97. The zero-order valence-electron chi connectivity index (χ0n) is 10.4. The topological polar surface area (TPSA) is 34.1 Å². The van der Waals surface area contributed by atoms with Crippen LogP contribution in [0.25, 0.3) is 0 Å².